The molecule has 0 radical (unpaired) electrons. The van der Waals surface area contributed by atoms with Crippen LogP contribution in [0.15, 0.2) is 18.2 Å². The van der Waals surface area contributed by atoms with E-state index in [0.29, 0.717) is 11.4 Å². The van der Waals surface area contributed by atoms with E-state index in [2.05, 4.69) is 0 Å². The number of anilines is 1. The summed E-state index contributed by atoms with van der Waals surface area (Å²) in [5.41, 5.74) is 0.866. The van der Waals surface area contributed by atoms with Crippen molar-refractivity contribution in [3.05, 3.63) is 23.8 Å². The number of carboxylic acid groups (broad SMARTS) is 1. The standard InChI is InChI=1S/C14H18N2O3/c1-19-13-7-6-10(14(17)18)8-12(13)16(9-15)11-4-2-3-5-11/h6-9,11,15H,2-5H2,1H3,(H,17,18). The van der Waals surface area contributed by atoms with Gasteiger partial charge in [0, 0.05) is 6.04 Å². The molecule has 0 amide bonds. The minimum absolute atomic E-state index is 0.209. The first kappa shape index (κ1) is 13.4. The van der Waals surface area contributed by atoms with Gasteiger partial charge in [0.15, 0.2) is 0 Å². The average Bonchev–Trinajstić information content (AvgIpc) is 2.93. The van der Waals surface area contributed by atoms with Gasteiger partial charge in [0.2, 0.25) is 0 Å². The number of benzene rings is 1. The second-order valence-electron chi connectivity index (χ2n) is 4.67. The summed E-state index contributed by atoms with van der Waals surface area (Å²) in [6.07, 6.45) is 5.61. The third-order valence-electron chi connectivity index (χ3n) is 3.56. The van der Waals surface area contributed by atoms with Crippen LogP contribution in [0.4, 0.5) is 5.69 Å². The van der Waals surface area contributed by atoms with Crippen molar-refractivity contribution in [2.45, 2.75) is 31.7 Å². The molecule has 0 aromatic heterocycles. The number of hydrogen-bond donors (Lipinski definition) is 2. The van der Waals surface area contributed by atoms with Gasteiger partial charge in [0.25, 0.3) is 0 Å². The molecule has 1 fully saturated rings. The van der Waals surface area contributed by atoms with Gasteiger partial charge in [0.05, 0.1) is 24.7 Å². The van der Waals surface area contributed by atoms with Crippen LogP contribution in [0.1, 0.15) is 36.0 Å². The van der Waals surface area contributed by atoms with Crippen molar-refractivity contribution in [2.24, 2.45) is 0 Å². The molecule has 5 nitrogen and oxygen atoms in total. The lowest BCUT2D eigenvalue weighted by Crippen LogP contribution is -2.32. The van der Waals surface area contributed by atoms with Crippen LogP contribution in [0.3, 0.4) is 0 Å². The van der Waals surface area contributed by atoms with E-state index in [0.717, 1.165) is 25.7 Å². The minimum Gasteiger partial charge on any atom is -0.495 e. The number of nitrogens with zero attached hydrogens (tertiary/aromatic N) is 1. The predicted octanol–water partition coefficient (Wildman–Crippen LogP) is 2.75. The first-order chi connectivity index (χ1) is 9.17. The third-order valence-corrected chi connectivity index (χ3v) is 3.56. The van der Waals surface area contributed by atoms with Gasteiger partial charge in [-0.25, -0.2) is 4.79 Å². The van der Waals surface area contributed by atoms with Crippen molar-refractivity contribution in [2.75, 3.05) is 12.0 Å². The maximum Gasteiger partial charge on any atom is 0.335 e. The van der Waals surface area contributed by atoms with E-state index in [1.54, 1.807) is 19.2 Å². The zero-order chi connectivity index (χ0) is 13.8. The van der Waals surface area contributed by atoms with Crippen LogP contribution in [-0.2, 0) is 0 Å². The topological polar surface area (TPSA) is 73.6 Å². The molecule has 5 heteroatoms. The fourth-order valence-corrected chi connectivity index (χ4v) is 2.58. The highest BCUT2D eigenvalue weighted by Gasteiger charge is 2.24. The molecule has 0 bridgehead atoms. The van der Waals surface area contributed by atoms with E-state index in [1.165, 1.54) is 12.4 Å². The maximum absolute atomic E-state index is 11.1. The molecule has 1 aliphatic carbocycles. The van der Waals surface area contributed by atoms with Crippen molar-refractivity contribution >= 4 is 18.0 Å². The highest BCUT2D eigenvalue weighted by molar-refractivity contribution is 5.91. The van der Waals surface area contributed by atoms with Gasteiger partial charge in [-0.3, -0.25) is 5.41 Å². The minimum atomic E-state index is -0.972. The highest BCUT2D eigenvalue weighted by Crippen LogP contribution is 2.34. The number of hydrogen-bond acceptors (Lipinski definition) is 3. The molecule has 2 N–H and O–H groups in total. The summed E-state index contributed by atoms with van der Waals surface area (Å²) < 4.78 is 5.28. The van der Waals surface area contributed by atoms with Crippen molar-refractivity contribution in [1.29, 1.82) is 5.41 Å². The summed E-state index contributed by atoms with van der Waals surface area (Å²) >= 11 is 0. The SMILES string of the molecule is COc1ccc(C(=O)O)cc1N(C=N)C1CCCC1. The second kappa shape index (κ2) is 5.73. The molecule has 19 heavy (non-hydrogen) atoms. The molecule has 2 rings (SSSR count). The monoisotopic (exact) mass is 262 g/mol. The van der Waals surface area contributed by atoms with Crippen LogP contribution in [0.25, 0.3) is 0 Å². The van der Waals surface area contributed by atoms with Crippen molar-refractivity contribution in [3.63, 3.8) is 0 Å². The summed E-state index contributed by atoms with van der Waals surface area (Å²) in [7, 11) is 1.55. The number of nitrogens with one attached hydrogen (secondary N) is 1. The summed E-state index contributed by atoms with van der Waals surface area (Å²) in [5.74, 6) is -0.374. The summed E-state index contributed by atoms with van der Waals surface area (Å²) in [4.78, 5) is 12.9. The molecule has 0 saturated heterocycles. The molecule has 0 atom stereocenters. The highest BCUT2D eigenvalue weighted by atomic mass is 16.5. The third kappa shape index (κ3) is 2.70. The Morgan fingerprint density at radius 3 is 2.68 bits per heavy atom. The van der Waals surface area contributed by atoms with Gasteiger partial charge in [-0.05, 0) is 31.0 Å². The van der Waals surface area contributed by atoms with Crippen molar-refractivity contribution in [1.82, 2.24) is 0 Å². The fourth-order valence-electron chi connectivity index (χ4n) is 2.58. The van der Waals surface area contributed by atoms with Crippen molar-refractivity contribution < 1.29 is 14.6 Å². The molecule has 1 aromatic rings. The van der Waals surface area contributed by atoms with Crippen LogP contribution in [-0.4, -0.2) is 30.6 Å². The lowest BCUT2D eigenvalue weighted by Gasteiger charge is -2.27. The lowest BCUT2D eigenvalue weighted by atomic mass is 10.1. The first-order valence-corrected chi connectivity index (χ1v) is 6.37. The molecule has 1 aliphatic rings. The zero-order valence-corrected chi connectivity index (χ0v) is 10.9. The molecule has 0 aliphatic heterocycles. The molecule has 1 saturated carbocycles. The average molecular weight is 262 g/mol. The molecule has 102 valence electrons. The van der Waals surface area contributed by atoms with E-state index in [1.807, 2.05) is 4.90 Å². The molecule has 0 spiro atoms. The normalized spacial score (nSPS) is 15.2. The predicted molar refractivity (Wildman–Crippen MR) is 73.5 cm³/mol. The van der Waals surface area contributed by atoms with Gasteiger partial charge in [-0.1, -0.05) is 12.8 Å². The smallest absolute Gasteiger partial charge is 0.335 e. The van der Waals surface area contributed by atoms with E-state index in [-0.39, 0.29) is 11.6 Å². The van der Waals surface area contributed by atoms with Crippen LogP contribution in [0, 0.1) is 5.41 Å². The number of methoxy groups -OCH3 is 1. The van der Waals surface area contributed by atoms with E-state index < -0.39 is 5.97 Å². The van der Waals surface area contributed by atoms with Gasteiger partial charge < -0.3 is 14.7 Å². The summed E-state index contributed by atoms with van der Waals surface area (Å²) in [6, 6.07) is 4.99. The maximum atomic E-state index is 11.1. The molecular weight excluding hydrogens is 244 g/mol. The molecule has 0 unspecified atom stereocenters. The Bertz CT molecular complexity index is 482. The number of carbonyl (C=O) groups is 1. The van der Waals surface area contributed by atoms with Gasteiger partial charge in [-0.15, -0.1) is 0 Å². The number of ether oxygens (including phenoxy) is 1. The number of rotatable bonds is 5. The quantitative estimate of drug-likeness (QED) is 0.632. The van der Waals surface area contributed by atoms with Gasteiger partial charge in [-0.2, -0.15) is 0 Å². The van der Waals surface area contributed by atoms with Crippen LogP contribution in [0.5, 0.6) is 5.75 Å². The van der Waals surface area contributed by atoms with Crippen LogP contribution >= 0.6 is 0 Å². The summed E-state index contributed by atoms with van der Waals surface area (Å²) in [6.45, 7) is 0. The van der Waals surface area contributed by atoms with Gasteiger partial charge in [0.1, 0.15) is 5.75 Å². The summed E-state index contributed by atoms with van der Waals surface area (Å²) in [5, 5.41) is 16.7. The Morgan fingerprint density at radius 2 is 2.16 bits per heavy atom. The van der Waals surface area contributed by atoms with Crippen LogP contribution in [0.2, 0.25) is 0 Å². The first-order valence-electron chi connectivity index (χ1n) is 6.37. The lowest BCUT2D eigenvalue weighted by molar-refractivity contribution is 0.0697. The van der Waals surface area contributed by atoms with Crippen molar-refractivity contribution in [3.8, 4) is 5.75 Å². The van der Waals surface area contributed by atoms with Crippen LogP contribution < -0.4 is 9.64 Å². The Morgan fingerprint density at radius 1 is 1.47 bits per heavy atom. The number of carboxylic acids is 1. The number of aromatic carboxylic acids is 1. The Labute approximate surface area is 112 Å². The van der Waals surface area contributed by atoms with E-state index in [4.69, 9.17) is 15.3 Å². The Balaban J connectivity index is 2.41. The largest absolute Gasteiger partial charge is 0.495 e. The second-order valence-corrected chi connectivity index (χ2v) is 4.67. The fraction of sp³-hybridized carbons (Fsp3) is 0.429. The van der Waals surface area contributed by atoms with E-state index in [9.17, 15) is 4.79 Å². The van der Waals surface area contributed by atoms with Gasteiger partial charge >= 0.3 is 5.97 Å². The Kier molecular flexibility index (Phi) is 4.04. The zero-order valence-electron chi connectivity index (χ0n) is 10.9. The molecular formula is C14H18N2O3. The molecule has 1 aromatic carbocycles. The van der Waals surface area contributed by atoms with E-state index >= 15 is 0 Å². The molecule has 0 heterocycles. The Hall–Kier alpha value is -2.04.